The Balaban J connectivity index is 1.23. The number of hydrogen-bond acceptors (Lipinski definition) is 5. The Morgan fingerprint density at radius 1 is 1.00 bits per heavy atom. The Morgan fingerprint density at radius 3 is 2.54 bits per heavy atom. The molecule has 7 heteroatoms. The van der Waals surface area contributed by atoms with E-state index in [4.69, 9.17) is 9.72 Å². The van der Waals surface area contributed by atoms with Crippen molar-refractivity contribution in [3.8, 4) is 16.3 Å². The van der Waals surface area contributed by atoms with E-state index in [-0.39, 0.29) is 30.4 Å². The van der Waals surface area contributed by atoms with Gasteiger partial charge >= 0.3 is 0 Å². The van der Waals surface area contributed by atoms with E-state index in [0.29, 0.717) is 12.3 Å². The van der Waals surface area contributed by atoms with Crippen LogP contribution in [0.3, 0.4) is 0 Å². The van der Waals surface area contributed by atoms with Gasteiger partial charge in [0.1, 0.15) is 16.6 Å². The third-order valence-corrected chi connectivity index (χ3v) is 7.57. The molecule has 1 fully saturated rings. The lowest BCUT2D eigenvalue weighted by Gasteiger charge is -2.44. The van der Waals surface area contributed by atoms with Gasteiger partial charge in [-0.15, -0.1) is 11.3 Å². The second-order valence-electron chi connectivity index (χ2n) is 9.07. The number of carbonyl (C=O) groups is 1. The zero-order chi connectivity index (χ0) is 24.4. The second kappa shape index (κ2) is 10.1. The van der Waals surface area contributed by atoms with Gasteiger partial charge in [0.05, 0.1) is 15.8 Å². The van der Waals surface area contributed by atoms with E-state index in [2.05, 4.69) is 24.8 Å². The molecule has 1 aliphatic heterocycles. The zero-order valence-corrected chi connectivity index (χ0v) is 20.7. The molecule has 1 saturated heterocycles. The van der Waals surface area contributed by atoms with Crippen LogP contribution in [0.2, 0.25) is 0 Å². The lowest BCUT2D eigenvalue weighted by atomic mass is 10.1. The number of hydrogen-bond donors (Lipinski definition) is 0. The number of piperazine rings is 1. The SMILES string of the molecule is C[C@@H]1CN(C(=O)COc2ccccc2-c2nc3ccccc3s2)[C@@H](C)CN1Cc1ccc(F)cc1. The molecular weight excluding hydrogens is 461 g/mol. The van der Waals surface area contributed by atoms with E-state index >= 15 is 0 Å². The first-order valence-electron chi connectivity index (χ1n) is 11.8. The van der Waals surface area contributed by atoms with Gasteiger partial charge in [0.15, 0.2) is 6.61 Å². The van der Waals surface area contributed by atoms with Gasteiger partial charge in [0, 0.05) is 31.7 Å². The van der Waals surface area contributed by atoms with Crippen LogP contribution in [-0.2, 0) is 11.3 Å². The molecule has 180 valence electrons. The molecule has 2 heterocycles. The van der Waals surface area contributed by atoms with Gasteiger partial charge in [-0.3, -0.25) is 9.69 Å². The van der Waals surface area contributed by atoms with Crippen LogP contribution in [0, 0.1) is 5.82 Å². The van der Waals surface area contributed by atoms with E-state index in [0.717, 1.165) is 39.4 Å². The van der Waals surface area contributed by atoms with Gasteiger partial charge in [-0.05, 0) is 55.8 Å². The van der Waals surface area contributed by atoms with E-state index < -0.39 is 0 Å². The summed E-state index contributed by atoms with van der Waals surface area (Å²) in [7, 11) is 0. The molecular formula is C28H28FN3O2S. The van der Waals surface area contributed by atoms with Crippen molar-refractivity contribution in [2.75, 3.05) is 19.7 Å². The number of thiazole rings is 1. The Labute approximate surface area is 208 Å². The van der Waals surface area contributed by atoms with Crippen LogP contribution in [-0.4, -0.2) is 52.5 Å². The van der Waals surface area contributed by atoms with Gasteiger partial charge in [-0.1, -0.05) is 36.4 Å². The monoisotopic (exact) mass is 489 g/mol. The highest BCUT2D eigenvalue weighted by Gasteiger charge is 2.32. The fourth-order valence-corrected chi connectivity index (χ4v) is 5.57. The molecule has 2 atom stereocenters. The van der Waals surface area contributed by atoms with Gasteiger partial charge in [0.25, 0.3) is 5.91 Å². The zero-order valence-electron chi connectivity index (χ0n) is 19.9. The Kier molecular flexibility index (Phi) is 6.79. The molecule has 1 aliphatic rings. The molecule has 5 nitrogen and oxygen atoms in total. The maximum absolute atomic E-state index is 13.2. The molecule has 0 saturated carbocycles. The number of benzene rings is 3. The second-order valence-corrected chi connectivity index (χ2v) is 10.1. The number of carbonyl (C=O) groups excluding carboxylic acids is 1. The first-order chi connectivity index (χ1) is 17.0. The van der Waals surface area contributed by atoms with Crippen LogP contribution in [0.25, 0.3) is 20.8 Å². The summed E-state index contributed by atoms with van der Waals surface area (Å²) in [6.45, 7) is 6.29. The number of para-hydroxylation sites is 2. The summed E-state index contributed by atoms with van der Waals surface area (Å²) in [4.78, 5) is 22.1. The van der Waals surface area contributed by atoms with Crippen LogP contribution < -0.4 is 4.74 Å². The standard InChI is InChI=1S/C28H28FN3O2S/c1-19-16-32(20(2)15-31(19)17-21-11-13-22(29)14-12-21)27(33)18-34-25-9-5-3-7-23(25)28-30-24-8-4-6-10-26(24)35-28/h3-14,19-20H,15-18H2,1-2H3/t19-,20+/m1/s1. The predicted molar refractivity (Wildman–Crippen MR) is 138 cm³/mol. The topological polar surface area (TPSA) is 45.7 Å². The van der Waals surface area contributed by atoms with E-state index in [1.807, 2.05) is 59.5 Å². The summed E-state index contributed by atoms with van der Waals surface area (Å²) in [5.74, 6) is 0.413. The molecule has 0 spiro atoms. The fraction of sp³-hybridized carbons (Fsp3) is 0.286. The Bertz CT molecular complexity index is 1290. The summed E-state index contributed by atoms with van der Waals surface area (Å²) < 4.78 is 20.4. The van der Waals surface area contributed by atoms with Crippen molar-refractivity contribution in [3.05, 3.63) is 84.2 Å². The van der Waals surface area contributed by atoms with Crippen molar-refractivity contribution < 1.29 is 13.9 Å². The molecule has 0 N–H and O–H groups in total. The molecule has 0 aliphatic carbocycles. The number of rotatable bonds is 6. The van der Waals surface area contributed by atoms with Gasteiger partial charge < -0.3 is 9.64 Å². The minimum Gasteiger partial charge on any atom is -0.483 e. The van der Waals surface area contributed by atoms with Crippen LogP contribution in [0.1, 0.15) is 19.4 Å². The van der Waals surface area contributed by atoms with Crippen molar-refractivity contribution in [3.63, 3.8) is 0 Å². The maximum Gasteiger partial charge on any atom is 0.260 e. The third-order valence-electron chi connectivity index (χ3n) is 6.50. The number of nitrogens with zero attached hydrogens (tertiary/aromatic N) is 3. The smallest absolute Gasteiger partial charge is 0.260 e. The molecule has 3 aromatic carbocycles. The minimum absolute atomic E-state index is 0.0169. The molecule has 4 aromatic rings. The largest absolute Gasteiger partial charge is 0.483 e. The highest BCUT2D eigenvalue weighted by atomic mass is 32.1. The lowest BCUT2D eigenvalue weighted by molar-refractivity contribution is -0.139. The van der Waals surface area contributed by atoms with Crippen molar-refractivity contribution in [1.29, 1.82) is 0 Å². The van der Waals surface area contributed by atoms with E-state index in [1.54, 1.807) is 11.3 Å². The van der Waals surface area contributed by atoms with Crippen LogP contribution in [0.4, 0.5) is 4.39 Å². The number of fused-ring (bicyclic) bond motifs is 1. The lowest BCUT2D eigenvalue weighted by Crippen LogP contribution is -2.58. The van der Waals surface area contributed by atoms with Crippen molar-refractivity contribution >= 4 is 27.5 Å². The molecule has 0 bridgehead atoms. The first-order valence-corrected chi connectivity index (χ1v) is 12.7. The minimum atomic E-state index is -0.227. The normalized spacial score (nSPS) is 18.7. The van der Waals surface area contributed by atoms with Crippen LogP contribution >= 0.6 is 11.3 Å². The summed E-state index contributed by atoms with van der Waals surface area (Å²) in [6, 6.07) is 22.7. The molecule has 0 unspecified atom stereocenters. The molecule has 1 amide bonds. The van der Waals surface area contributed by atoms with Gasteiger partial charge in [-0.25, -0.2) is 9.37 Å². The van der Waals surface area contributed by atoms with Gasteiger partial charge in [-0.2, -0.15) is 0 Å². The summed E-state index contributed by atoms with van der Waals surface area (Å²) >= 11 is 1.62. The van der Waals surface area contributed by atoms with E-state index in [9.17, 15) is 9.18 Å². The highest BCUT2D eigenvalue weighted by molar-refractivity contribution is 7.21. The number of ether oxygens (including phenoxy) is 1. The average Bonchev–Trinajstić information content (AvgIpc) is 3.30. The first kappa shape index (κ1) is 23.5. The van der Waals surface area contributed by atoms with Crippen LogP contribution in [0.15, 0.2) is 72.8 Å². The predicted octanol–water partition coefficient (Wildman–Crippen LogP) is 5.60. The number of halogens is 1. The average molecular weight is 490 g/mol. The van der Waals surface area contributed by atoms with Gasteiger partial charge in [0.2, 0.25) is 0 Å². The third kappa shape index (κ3) is 5.21. The van der Waals surface area contributed by atoms with Crippen LogP contribution in [0.5, 0.6) is 5.75 Å². The van der Waals surface area contributed by atoms with Crippen molar-refractivity contribution in [2.24, 2.45) is 0 Å². The molecule has 5 rings (SSSR count). The quantitative estimate of drug-likeness (QED) is 0.354. The number of amides is 1. The summed E-state index contributed by atoms with van der Waals surface area (Å²) in [5, 5.41) is 0.880. The maximum atomic E-state index is 13.2. The Hall–Kier alpha value is -3.29. The van der Waals surface area contributed by atoms with Crippen molar-refractivity contribution in [1.82, 2.24) is 14.8 Å². The van der Waals surface area contributed by atoms with E-state index in [1.165, 1.54) is 12.1 Å². The Morgan fingerprint density at radius 2 is 1.74 bits per heavy atom. The molecule has 1 aromatic heterocycles. The summed E-state index contributed by atoms with van der Waals surface area (Å²) in [6.07, 6.45) is 0. The molecule has 0 radical (unpaired) electrons. The number of aromatic nitrogens is 1. The summed E-state index contributed by atoms with van der Waals surface area (Å²) in [5.41, 5.74) is 2.92. The fourth-order valence-electron chi connectivity index (χ4n) is 4.57. The highest BCUT2D eigenvalue weighted by Crippen LogP contribution is 2.35. The van der Waals surface area contributed by atoms with Crippen molar-refractivity contribution in [2.45, 2.75) is 32.5 Å². The molecule has 35 heavy (non-hydrogen) atoms.